The Hall–Kier alpha value is -1.01. The van der Waals surface area contributed by atoms with E-state index in [0.717, 1.165) is 0 Å². The molecule has 0 aliphatic heterocycles. The number of rotatable bonds is 5. The first-order valence-electron chi connectivity index (χ1n) is 6.09. The topological polar surface area (TPSA) is 84.2 Å². The van der Waals surface area contributed by atoms with Gasteiger partial charge in [-0.2, -0.15) is 0 Å². The van der Waals surface area contributed by atoms with Crippen molar-refractivity contribution in [1.29, 1.82) is 0 Å². The summed E-state index contributed by atoms with van der Waals surface area (Å²) in [7, 11) is 0. The van der Waals surface area contributed by atoms with Crippen LogP contribution in [0.1, 0.15) is 13.8 Å². The van der Waals surface area contributed by atoms with Crippen molar-refractivity contribution in [3.63, 3.8) is 0 Å². The lowest BCUT2D eigenvalue weighted by Crippen LogP contribution is -2.46. The summed E-state index contributed by atoms with van der Waals surface area (Å²) in [5.74, 6) is -0.772. The van der Waals surface area contributed by atoms with Crippen LogP contribution < -0.4 is 16.4 Å². The largest absolute Gasteiger partial charge is 0.346 e. The van der Waals surface area contributed by atoms with E-state index in [1.807, 2.05) is 13.8 Å². The van der Waals surface area contributed by atoms with E-state index in [9.17, 15) is 9.59 Å². The van der Waals surface area contributed by atoms with Crippen LogP contribution in [0.3, 0.4) is 0 Å². The molecule has 0 aromatic heterocycles. The second-order valence-electron chi connectivity index (χ2n) is 4.66. The van der Waals surface area contributed by atoms with Crippen LogP contribution in [0.4, 0.5) is 5.69 Å². The summed E-state index contributed by atoms with van der Waals surface area (Å²) in [5.41, 5.74) is 6.06. The van der Waals surface area contributed by atoms with Crippen LogP contribution >= 0.6 is 35.6 Å². The average molecular weight is 355 g/mol. The molecule has 1 atom stereocenters. The van der Waals surface area contributed by atoms with E-state index in [4.69, 9.17) is 28.9 Å². The lowest BCUT2D eigenvalue weighted by molar-refractivity contribution is -0.125. The van der Waals surface area contributed by atoms with Gasteiger partial charge in [-0.05, 0) is 24.1 Å². The maximum absolute atomic E-state index is 11.7. The van der Waals surface area contributed by atoms with Crippen LogP contribution in [0.15, 0.2) is 18.2 Å². The molecule has 0 saturated carbocycles. The summed E-state index contributed by atoms with van der Waals surface area (Å²) >= 11 is 11.7. The molecule has 0 aliphatic carbocycles. The van der Waals surface area contributed by atoms with E-state index in [0.29, 0.717) is 15.7 Å². The molecule has 118 valence electrons. The molecule has 0 radical (unpaired) electrons. The smallest absolute Gasteiger partial charge is 0.243 e. The maximum atomic E-state index is 11.7. The molecule has 0 bridgehead atoms. The lowest BCUT2D eigenvalue weighted by Gasteiger charge is -2.15. The summed E-state index contributed by atoms with van der Waals surface area (Å²) < 4.78 is 0. The van der Waals surface area contributed by atoms with Crippen molar-refractivity contribution in [2.75, 3.05) is 11.9 Å². The van der Waals surface area contributed by atoms with Gasteiger partial charge < -0.3 is 16.4 Å². The summed E-state index contributed by atoms with van der Waals surface area (Å²) in [6, 6.07) is 4.08. The molecule has 21 heavy (non-hydrogen) atoms. The van der Waals surface area contributed by atoms with Gasteiger partial charge in [-0.25, -0.2) is 0 Å². The third-order valence-corrected chi connectivity index (χ3v) is 3.21. The van der Waals surface area contributed by atoms with Crippen molar-refractivity contribution in [3.8, 4) is 0 Å². The third-order valence-electron chi connectivity index (χ3n) is 2.65. The fraction of sp³-hybridized carbons (Fsp3) is 0.385. The monoisotopic (exact) mass is 353 g/mol. The maximum Gasteiger partial charge on any atom is 0.243 e. The first kappa shape index (κ1) is 20.0. The number of anilines is 1. The zero-order valence-electron chi connectivity index (χ0n) is 11.7. The molecule has 1 rings (SSSR count). The Morgan fingerprint density at radius 1 is 1.29 bits per heavy atom. The van der Waals surface area contributed by atoms with Crippen LogP contribution in [-0.2, 0) is 9.59 Å². The van der Waals surface area contributed by atoms with Gasteiger partial charge in [0.15, 0.2) is 0 Å². The minimum absolute atomic E-state index is 0. The molecule has 2 amide bonds. The van der Waals surface area contributed by atoms with Gasteiger partial charge >= 0.3 is 0 Å². The van der Waals surface area contributed by atoms with Crippen LogP contribution in [0.5, 0.6) is 0 Å². The van der Waals surface area contributed by atoms with E-state index in [1.54, 1.807) is 12.1 Å². The quantitative estimate of drug-likeness (QED) is 0.759. The number of nitrogens with two attached hydrogens (primary N) is 1. The number of carbonyl (C=O) groups is 2. The Morgan fingerprint density at radius 3 is 2.48 bits per heavy atom. The van der Waals surface area contributed by atoms with Gasteiger partial charge in [0.1, 0.15) is 0 Å². The fourth-order valence-electron chi connectivity index (χ4n) is 1.38. The highest BCUT2D eigenvalue weighted by atomic mass is 35.5. The molecule has 8 heteroatoms. The van der Waals surface area contributed by atoms with Crippen molar-refractivity contribution in [3.05, 3.63) is 28.2 Å². The van der Waals surface area contributed by atoms with Crippen molar-refractivity contribution >= 4 is 53.1 Å². The summed E-state index contributed by atoms with van der Waals surface area (Å²) in [4.78, 5) is 23.3. The van der Waals surface area contributed by atoms with E-state index < -0.39 is 11.9 Å². The Bertz CT molecular complexity index is 509. The third kappa shape index (κ3) is 6.52. The number of amides is 2. The average Bonchev–Trinajstić information content (AvgIpc) is 2.39. The fourth-order valence-corrected chi connectivity index (χ4v) is 1.71. The first-order valence-corrected chi connectivity index (χ1v) is 6.85. The van der Waals surface area contributed by atoms with Crippen LogP contribution in [-0.4, -0.2) is 24.4 Å². The minimum atomic E-state index is -0.641. The summed E-state index contributed by atoms with van der Waals surface area (Å²) in [6.45, 7) is 3.48. The molecule has 4 N–H and O–H groups in total. The molecular formula is C13H18Cl3N3O2. The Morgan fingerprint density at radius 2 is 1.90 bits per heavy atom. The first-order chi connectivity index (χ1) is 9.31. The second kappa shape index (κ2) is 9.10. The zero-order chi connectivity index (χ0) is 15.3. The van der Waals surface area contributed by atoms with Crippen molar-refractivity contribution in [1.82, 2.24) is 5.32 Å². The highest BCUT2D eigenvalue weighted by molar-refractivity contribution is 6.35. The number of nitrogens with one attached hydrogen (secondary N) is 2. The normalized spacial score (nSPS) is 11.5. The van der Waals surface area contributed by atoms with Gasteiger partial charge in [0.2, 0.25) is 11.8 Å². The molecular weight excluding hydrogens is 337 g/mol. The number of hydrogen-bond acceptors (Lipinski definition) is 3. The summed E-state index contributed by atoms with van der Waals surface area (Å²) in [6.07, 6.45) is 0. The molecule has 5 nitrogen and oxygen atoms in total. The van der Waals surface area contributed by atoms with Crippen LogP contribution in [0.2, 0.25) is 10.0 Å². The standard InChI is InChI=1S/C13H17Cl2N3O2.ClH/c1-7(2)12(16)13(20)17-6-11(19)18-10-5-8(14)3-4-9(10)15;/h3-5,7,12H,6,16H2,1-2H3,(H,17,20)(H,18,19);1H/t12-;/m0./s1. The van der Waals surface area contributed by atoms with E-state index >= 15 is 0 Å². The van der Waals surface area contributed by atoms with Gasteiger partial charge in [-0.3, -0.25) is 9.59 Å². The van der Waals surface area contributed by atoms with Crippen molar-refractivity contribution in [2.45, 2.75) is 19.9 Å². The van der Waals surface area contributed by atoms with Crippen molar-refractivity contribution < 1.29 is 9.59 Å². The molecule has 0 unspecified atom stereocenters. The molecule has 1 aromatic carbocycles. The zero-order valence-corrected chi connectivity index (χ0v) is 14.0. The highest BCUT2D eigenvalue weighted by Gasteiger charge is 2.17. The number of carbonyl (C=O) groups excluding carboxylic acids is 2. The molecule has 0 heterocycles. The second-order valence-corrected chi connectivity index (χ2v) is 5.50. The molecule has 0 saturated heterocycles. The van der Waals surface area contributed by atoms with Gasteiger partial charge in [0, 0.05) is 5.02 Å². The van der Waals surface area contributed by atoms with Crippen LogP contribution in [0.25, 0.3) is 0 Å². The highest BCUT2D eigenvalue weighted by Crippen LogP contribution is 2.25. The van der Waals surface area contributed by atoms with Gasteiger partial charge in [0.05, 0.1) is 23.3 Å². The van der Waals surface area contributed by atoms with E-state index in [-0.39, 0.29) is 30.8 Å². The predicted molar refractivity (Wildman–Crippen MR) is 88.2 cm³/mol. The summed E-state index contributed by atoms with van der Waals surface area (Å²) in [5, 5.41) is 5.85. The molecule has 0 spiro atoms. The SMILES string of the molecule is CC(C)[C@H](N)C(=O)NCC(=O)Nc1cc(Cl)ccc1Cl.Cl. The van der Waals surface area contributed by atoms with Crippen molar-refractivity contribution in [2.24, 2.45) is 11.7 Å². The molecule has 0 aliphatic rings. The lowest BCUT2D eigenvalue weighted by atomic mass is 10.1. The van der Waals surface area contributed by atoms with Crippen LogP contribution in [0, 0.1) is 5.92 Å². The Labute approximate surface area is 140 Å². The Balaban J connectivity index is 0.00000400. The number of benzene rings is 1. The van der Waals surface area contributed by atoms with Gasteiger partial charge in [-0.1, -0.05) is 37.0 Å². The molecule has 1 aromatic rings. The number of halogens is 3. The number of hydrogen-bond donors (Lipinski definition) is 3. The molecule has 0 fully saturated rings. The minimum Gasteiger partial charge on any atom is -0.346 e. The van der Waals surface area contributed by atoms with Gasteiger partial charge in [0.25, 0.3) is 0 Å². The Kier molecular flexibility index (Phi) is 8.66. The van der Waals surface area contributed by atoms with E-state index in [2.05, 4.69) is 10.6 Å². The van der Waals surface area contributed by atoms with E-state index in [1.165, 1.54) is 6.07 Å². The predicted octanol–water partition coefficient (Wildman–Crippen LogP) is 2.45. The van der Waals surface area contributed by atoms with Gasteiger partial charge in [-0.15, -0.1) is 12.4 Å².